The summed E-state index contributed by atoms with van der Waals surface area (Å²) in [5, 5.41) is 15.8. The van der Waals surface area contributed by atoms with Crippen LogP contribution in [0.15, 0.2) is 24.3 Å². The molecule has 23 heavy (non-hydrogen) atoms. The van der Waals surface area contributed by atoms with Gasteiger partial charge in [0.1, 0.15) is 0 Å². The van der Waals surface area contributed by atoms with Crippen LogP contribution in [0.25, 0.3) is 0 Å². The van der Waals surface area contributed by atoms with Crippen LogP contribution in [0.1, 0.15) is 39.7 Å². The van der Waals surface area contributed by atoms with Gasteiger partial charge in [-0.2, -0.15) is 0 Å². The molecule has 1 heterocycles. The lowest BCUT2D eigenvalue weighted by Gasteiger charge is -2.14. The summed E-state index contributed by atoms with van der Waals surface area (Å²) in [6, 6.07) is 7.51. The Labute approximate surface area is 140 Å². The van der Waals surface area contributed by atoms with E-state index in [-0.39, 0.29) is 18.7 Å². The molecule has 1 aromatic carbocycles. The Bertz CT molecular complexity index is 652. The second-order valence-electron chi connectivity index (χ2n) is 5.53. The summed E-state index contributed by atoms with van der Waals surface area (Å²) >= 11 is 1.61. The molecular formula is C17H23N3O2S. The molecule has 0 aliphatic rings. The monoisotopic (exact) mass is 333 g/mol. The molecular weight excluding hydrogens is 310 g/mol. The SMILES string of the molecule is Cc1nc(C)c(C(C)NC(=O)NCCc2ccc(CO)cc2)s1. The van der Waals surface area contributed by atoms with Gasteiger partial charge in [0.2, 0.25) is 0 Å². The number of amides is 2. The smallest absolute Gasteiger partial charge is 0.315 e. The van der Waals surface area contributed by atoms with E-state index >= 15 is 0 Å². The third-order valence-corrected chi connectivity index (χ3v) is 4.84. The second kappa shape index (κ2) is 8.08. The summed E-state index contributed by atoms with van der Waals surface area (Å²) in [6.45, 7) is 6.52. The van der Waals surface area contributed by atoms with E-state index in [9.17, 15) is 4.79 Å². The number of aromatic nitrogens is 1. The highest BCUT2D eigenvalue weighted by Crippen LogP contribution is 2.24. The molecule has 124 valence electrons. The average molecular weight is 333 g/mol. The zero-order valence-corrected chi connectivity index (χ0v) is 14.5. The van der Waals surface area contributed by atoms with Gasteiger partial charge in [0.25, 0.3) is 0 Å². The van der Waals surface area contributed by atoms with Crippen LogP contribution in [0.2, 0.25) is 0 Å². The van der Waals surface area contributed by atoms with Crippen LogP contribution in [0.3, 0.4) is 0 Å². The molecule has 1 aromatic heterocycles. The van der Waals surface area contributed by atoms with Crippen LogP contribution in [0.5, 0.6) is 0 Å². The maximum Gasteiger partial charge on any atom is 0.315 e. The number of aryl methyl sites for hydroxylation is 2. The summed E-state index contributed by atoms with van der Waals surface area (Å²) in [4.78, 5) is 17.4. The van der Waals surface area contributed by atoms with E-state index in [2.05, 4.69) is 15.6 Å². The first-order valence-electron chi connectivity index (χ1n) is 7.66. The number of nitrogens with zero attached hydrogens (tertiary/aromatic N) is 1. The Morgan fingerprint density at radius 3 is 2.48 bits per heavy atom. The van der Waals surface area contributed by atoms with E-state index in [0.29, 0.717) is 6.54 Å². The molecule has 2 rings (SSSR count). The van der Waals surface area contributed by atoms with Crippen molar-refractivity contribution in [3.8, 4) is 0 Å². The van der Waals surface area contributed by atoms with Gasteiger partial charge in [-0.25, -0.2) is 9.78 Å². The van der Waals surface area contributed by atoms with Crippen molar-refractivity contribution in [1.29, 1.82) is 0 Å². The summed E-state index contributed by atoms with van der Waals surface area (Å²) in [7, 11) is 0. The number of nitrogens with one attached hydrogen (secondary N) is 2. The molecule has 6 heteroatoms. The third kappa shape index (κ3) is 5.04. The van der Waals surface area contributed by atoms with Crippen LogP contribution in [-0.2, 0) is 13.0 Å². The van der Waals surface area contributed by atoms with Crippen molar-refractivity contribution in [3.63, 3.8) is 0 Å². The van der Waals surface area contributed by atoms with E-state index < -0.39 is 0 Å². The molecule has 0 radical (unpaired) electrons. The van der Waals surface area contributed by atoms with Crippen LogP contribution >= 0.6 is 11.3 Å². The first kappa shape index (κ1) is 17.4. The molecule has 0 spiro atoms. The lowest BCUT2D eigenvalue weighted by molar-refractivity contribution is 0.238. The molecule has 0 bridgehead atoms. The van der Waals surface area contributed by atoms with E-state index in [1.807, 2.05) is 45.0 Å². The predicted octanol–water partition coefficient (Wildman–Crippen LogP) is 2.86. The third-order valence-electron chi connectivity index (χ3n) is 3.59. The maximum absolute atomic E-state index is 12.0. The molecule has 2 aromatic rings. The fraction of sp³-hybridized carbons (Fsp3) is 0.412. The first-order chi connectivity index (χ1) is 11.0. The largest absolute Gasteiger partial charge is 0.392 e. The molecule has 0 saturated carbocycles. The number of rotatable bonds is 6. The average Bonchev–Trinajstić information content (AvgIpc) is 2.86. The molecule has 1 atom stereocenters. The highest BCUT2D eigenvalue weighted by atomic mass is 32.1. The fourth-order valence-electron chi connectivity index (χ4n) is 2.39. The molecule has 0 fully saturated rings. The van der Waals surface area contributed by atoms with E-state index in [1.54, 1.807) is 11.3 Å². The van der Waals surface area contributed by atoms with Crippen molar-refractivity contribution >= 4 is 17.4 Å². The molecule has 0 saturated heterocycles. The maximum atomic E-state index is 12.0. The van der Waals surface area contributed by atoms with E-state index in [0.717, 1.165) is 33.1 Å². The molecule has 3 N–H and O–H groups in total. The van der Waals surface area contributed by atoms with Gasteiger partial charge >= 0.3 is 6.03 Å². The number of aliphatic hydroxyl groups is 1. The van der Waals surface area contributed by atoms with Crippen molar-refractivity contribution in [2.45, 2.75) is 39.8 Å². The topological polar surface area (TPSA) is 74.2 Å². The number of aliphatic hydroxyl groups excluding tert-OH is 1. The zero-order chi connectivity index (χ0) is 16.8. The van der Waals surface area contributed by atoms with Gasteiger partial charge < -0.3 is 15.7 Å². The molecule has 1 unspecified atom stereocenters. The summed E-state index contributed by atoms with van der Waals surface area (Å²) in [5.41, 5.74) is 3.00. The van der Waals surface area contributed by atoms with Gasteiger partial charge in [0.05, 0.1) is 23.4 Å². The number of benzene rings is 1. The first-order valence-corrected chi connectivity index (χ1v) is 8.48. The Morgan fingerprint density at radius 1 is 1.26 bits per heavy atom. The molecule has 5 nitrogen and oxygen atoms in total. The van der Waals surface area contributed by atoms with Gasteiger partial charge in [-0.1, -0.05) is 24.3 Å². The Balaban J connectivity index is 1.77. The number of urea groups is 1. The van der Waals surface area contributed by atoms with Crippen molar-refractivity contribution in [1.82, 2.24) is 15.6 Å². The molecule has 0 aliphatic carbocycles. The van der Waals surface area contributed by atoms with Crippen LogP contribution in [0, 0.1) is 13.8 Å². The van der Waals surface area contributed by atoms with Crippen LogP contribution < -0.4 is 10.6 Å². The Kier molecular flexibility index (Phi) is 6.12. The normalized spacial score (nSPS) is 12.0. The minimum atomic E-state index is -0.171. The van der Waals surface area contributed by atoms with E-state index in [4.69, 9.17) is 5.11 Å². The molecule has 0 aliphatic heterocycles. The van der Waals surface area contributed by atoms with Crippen LogP contribution in [-0.4, -0.2) is 22.7 Å². The number of carbonyl (C=O) groups is 1. The number of carbonyl (C=O) groups excluding carboxylic acids is 1. The standard InChI is InChI=1S/C17H23N3O2S/c1-11-16(23-13(3)19-11)12(2)20-17(22)18-9-8-14-4-6-15(10-21)7-5-14/h4-7,12,21H,8-10H2,1-3H3,(H2,18,20,22). The second-order valence-corrected chi connectivity index (χ2v) is 6.76. The zero-order valence-electron chi connectivity index (χ0n) is 13.7. The number of hydrogen-bond acceptors (Lipinski definition) is 4. The molecule has 2 amide bonds. The summed E-state index contributed by atoms with van der Waals surface area (Å²) < 4.78 is 0. The number of thiazole rings is 1. The van der Waals surface area contributed by atoms with Crippen molar-refractivity contribution < 1.29 is 9.90 Å². The van der Waals surface area contributed by atoms with Gasteiger partial charge in [-0.15, -0.1) is 11.3 Å². The quantitative estimate of drug-likeness (QED) is 0.761. The Morgan fingerprint density at radius 2 is 1.91 bits per heavy atom. The minimum Gasteiger partial charge on any atom is -0.392 e. The fourth-order valence-corrected chi connectivity index (χ4v) is 3.32. The van der Waals surface area contributed by atoms with Gasteiger partial charge in [0, 0.05) is 11.4 Å². The van der Waals surface area contributed by atoms with Gasteiger partial charge in [-0.3, -0.25) is 0 Å². The summed E-state index contributed by atoms with van der Waals surface area (Å²) in [5.74, 6) is 0. The van der Waals surface area contributed by atoms with Crippen molar-refractivity contribution in [2.24, 2.45) is 0 Å². The van der Waals surface area contributed by atoms with Gasteiger partial charge in [-0.05, 0) is 38.3 Å². The van der Waals surface area contributed by atoms with Crippen LogP contribution in [0.4, 0.5) is 4.79 Å². The lowest BCUT2D eigenvalue weighted by atomic mass is 10.1. The Hall–Kier alpha value is -1.92. The minimum absolute atomic E-state index is 0.0509. The predicted molar refractivity (Wildman–Crippen MR) is 92.6 cm³/mol. The number of hydrogen-bond donors (Lipinski definition) is 3. The van der Waals surface area contributed by atoms with Crippen molar-refractivity contribution in [2.75, 3.05) is 6.54 Å². The highest BCUT2D eigenvalue weighted by molar-refractivity contribution is 7.11. The highest BCUT2D eigenvalue weighted by Gasteiger charge is 2.14. The van der Waals surface area contributed by atoms with Gasteiger partial charge in [0.15, 0.2) is 0 Å². The van der Waals surface area contributed by atoms with Crippen molar-refractivity contribution in [3.05, 3.63) is 51.0 Å². The lowest BCUT2D eigenvalue weighted by Crippen LogP contribution is -2.38. The van der Waals surface area contributed by atoms with E-state index in [1.165, 1.54) is 0 Å². The summed E-state index contributed by atoms with van der Waals surface area (Å²) in [6.07, 6.45) is 0.756.